The highest BCUT2D eigenvalue weighted by atomic mass is 35.5. The van der Waals surface area contributed by atoms with Crippen molar-refractivity contribution in [1.29, 1.82) is 0 Å². The van der Waals surface area contributed by atoms with Crippen LogP contribution in [0.25, 0.3) is 0 Å². The molecule has 0 saturated heterocycles. The summed E-state index contributed by atoms with van der Waals surface area (Å²) < 4.78 is 5.60. The Hall–Kier alpha value is -2.53. The standard InChI is InChI=1S/C20H21ClN4O/c1-3-17-19(21)18(25-14(2)24-17)7-4-6-15-8-10-16(11-9-15)26-20-22-12-5-13-23-20/h5,8-13H,3-4,6-7H2,1-2H3. The van der Waals surface area contributed by atoms with Gasteiger partial charge in [0.05, 0.1) is 16.4 Å². The Bertz CT molecular complexity index is 854. The first kappa shape index (κ1) is 18.3. The van der Waals surface area contributed by atoms with E-state index in [1.54, 1.807) is 18.5 Å². The number of benzene rings is 1. The largest absolute Gasteiger partial charge is 0.424 e. The lowest BCUT2D eigenvalue weighted by Gasteiger charge is -2.09. The molecule has 6 heteroatoms. The third kappa shape index (κ3) is 4.76. The SMILES string of the molecule is CCc1nc(C)nc(CCCc2ccc(Oc3ncccn3)cc2)c1Cl. The maximum atomic E-state index is 6.41. The van der Waals surface area contributed by atoms with E-state index in [2.05, 4.69) is 39.0 Å². The molecule has 0 fully saturated rings. The zero-order valence-electron chi connectivity index (χ0n) is 14.9. The molecule has 0 aliphatic heterocycles. The molecule has 0 unspecified atom stereocenters. The fourth-order valence-electron chi connectivity index (χ4n) is 2.71. The minimum absolute atomic E-state index is 0.348. The van der Waals surface area contributed by atoms with Gasteiger partial charge in [-0.2, -0.15) is 0 Å². The minimum atomic E-state index is 0.348. The Morgan fingerprint density at radius 2 is 1.65 bits per heavy atom. The molecule has 0 aliphatic carbocycles. The van der Waals surface area contributed by atoms with Gasteiger partial charge in [-0.15, -0.1) is 0 Å². The van der Waals surface area contributed by atoms with Crippen LogP contribution in [-0.2, 0) is 19.3 Å². The molecular weight excluding hydrogens is 348 g/mol. The summed E-state index contributed by atoms with van der Waals surface area (Å²) in [5, 5.41) is 0.713. The molecule has 1 aromatic carbocycles. The molecule has 5 nitrogen and oxygen atoms in total. The van der Waals surface area contributed by atoms with Gasteiger partial charge >= 0.3 is 6.01 Å². The van der Waals surface area contributed by atoms with Gasteiger partial charge in [-0.3, -0.25) is 0 Å². The summed E-state index contributed by atoms with van der Waals surface area (Å²) in [5.74, 6) is 1.51. The molecule has 0 saturated carbocycles. The molecule has 0 N–H and O–H groups in total. The Kier molecular flexibility index (Phi) is 6.12. The summed E-state index contributed by atoms with van der Waals surface area (Å²) in [5.41, 5.74) is 3.11. The molecule has 2 aromatic heterocycles. The molecule has 134 valence electrons. The third-order valence-corrected chi connectivity index (χ3v) is 4.43. The van der Waals surface area contributed by atoms with Crippen LogP contribution in [-0.4, -0.2) is 19.9 Å². The van der Waals surface area contributed by atoms with Gasteiger partial charge in [0, 0.05) is 12.4 Å². The smallest absolute Gasteiger partial charge is 0.321 e. The zero-order chi connectivity index (χ0) is 18.4. The lowest BCUT2D eigenvalue weighted by molar-refractivity contribution is 0.441. The second kappa shape index (κ2) is 8.72. The van der Waals surface area contributed by atoms with Crippen molar-refractivity contribution >= 4 is 11.6 Å². The van der Waals surface area contributed by atoms with Crippen LogP contribution in [0.15, 0.2) is 42.7 Å². The molecule has 3 aromatic rings. The number of aryl methyl sites for hydroxylation is 4. The van der Waals surface area contributed by atoms with Crippen LogP contribution >= 0.6 is 11.6 Å². The van der Waals surface area contributed by atoms with Gasteiger partial charge in [0.2, 0.25) is 0 Å². The van der Waals surface area contributed by atoms with E-state index in [1.165, 1.54) is 5.56 Å². The van der Waals surface area contributed by atoms with Crippen molar-refractivity contribution in [3.8, 4) is 11.8 Å². The molecule has 2 heterocycles. The summed E-state index contributed by atoms with van der Waals surface area (Å²) in [4.78, 5) is 17.0. The lowest BCUT2D eigenvalue weighted by Crippen LogP contribution is -2.03. The summed E-state index contributed by atoms with van der Waals surface area (Å²) in [7, 11) is 0. The van der Waals surface area contributed by atoms with Crippen molar-refractivity contribution in [2.75, 3.05) is 0 Å². The van der Waals surface area contributed by atoms with Gasteiger partial charge in [-0.05, 0) is 56.4 Å². The molecule has 0 aliphatic rings. The Morgan fingerprint density at radius 1 is 0.962 bits per heavy atom. The predicted octanol–water partition coefficient (Wildman–Crippen LogP) is 4.76. The number of rotatable bonds is 7. The molecular formula is C20H21ClN4O. The molecule has 0 amide bonds. The molecule has 0 radical (unpaired) electrons. The Morgan fingerprint density at radius 3 is 2.35 bits per heavy atom. The van der Waals surface area contributed by atoms with Crippen LogP contribution in [0.5, 0.6) is 11.8 Å². The van der Waals surface area contributed by atoms with Crippen LogP contribution in [0.2, 0.25) is 5.02 Å². The highest BCUT2D eigenvalue weighted by molar-refractivity contribution is 6.31. The maximum absolute atomic E-state index is 6.41. The van der Waals surface area contributed by atoms with E-state index in [1.807, 2.05) is 19.1 Å². The van der Waals surface area contributed by atoms with Gasteiger partial charge in [-0.1, -0.05) is 30.7 Å². The van der Waals surface area contributed by atoms with E-state index in [4.69, 9.17) is 16.3 Å². The number of ether oxygens (including phenoxy) is 1. The van der Waals surface area contributed by atoms with Gasteiger partial charge in [0.25, 0.3) is 0 Å². The first-order valence-corrected chi connectivity index (χ1v) is 9.09. The number of hydrogen-bond acceptors (Lipinski definition) is 5. The van der Waals surface area contributed by atoms with E-state index < -0.39 is 0 Å². The first-order chi connectivity index (χ1) is 12.7. The second-order valence-corrected chi connectivity index (χ2v) is 6.34. The summed E-state index contributed by atoms with van der Waals surface area (Å²) in [6, 6.07) is 10.1. The summed E-state index contributed by atoms with van der Waals surface area (Å²) in [6.07, 6.45) is 6.89. The van der Waals surface area contributed by atoms with E-state index in [-0.39, 0.29) is 0 Å². The number of hydrogen-bond donors (Lipinski definition) is 0. The van der Waals surface area contributed by atoms with Gasteiger partial charge in [0.1, 0.15) is 11.6 Å². The normalized spacial score (nSPS) is 10.7. The highest BCUT2D eigenvalue weighted by Gasteiger charge is 2.09. The minimum Gasteiger partial charge on any atom is -0.424 e. The van der Waals surface area contributed by atoms with Gasteiger partial charge in [0.15, 0.2) is 0 Å². The van der Waals surface area contributed by atoms with Crippen molar-refractivity contribution in [1.82, 2.24) is 19.9 Å². The van der Waals surface area contributed by atoms with E-state index >= 15 is 0 Å². The van der Waals surface area contributed by atoms with E-state index in [0.29, 0.717) is 11.0 Å². The van der Waals surface area contributed by atoms with Crippen LogP contribution in [0, 0.1) is 6.92 Å². The van der Waals surface area contributed by atoms with Crippen LogP contribution < -0.4 is 4.74 Å². The average Bonchev–Trinajstić information content (AvgIpc) is 2.66. The molecule has 0 spiro atoms. The lowest BCUT2D eigenvalue weighted by atomic mass is 10.1. The van der Waals surface area contributed by atoms with Crippen LogP contribution in [0.3, 0.4) is 0 Å². The van der Waals surface area contributed by atoms with Crippen LogP contribution in [0.1, 0.15) is 36.1 Å². The van der Waals surface area contributed by atoms with Gasteiger partial charge in [-0.25, -0.2) is 19.9 Å². The fraction of sp³-hybridized carbons (Fsp3) is 0.300. The van der Waals surface area contributed by atoms with Crippen molar-refractivity contribution in [2.45, 2.75) is 39.5 Å². The van der Waals surface area contributed by atoms with Crippen molar-refractivity contribution in [2.24, 2.45) is 0 Å². The fourth-order valence-corrected chi connectivity index (χ4v) is 3.02. The van der Waals surface area contributed by atoms with Crippen molar-refractivity contribution in [3.63, 3.8) is 0 Å². The number of aromatic nitrogens is 4. The molecule has 3 rings (SSSR count). The maximum Gasteiger partial charge on any atom is 0.321 e. The van der Waals surface area contributed by atoms with Crippen molar-refractivity contribution in [3.05, 3.63) is 70.5 Å². The van der Waals surface area contributed by atoms with Crippen LogP contribution in [0.4, 0.5) is 0 Å². The molecule has 0 bridgehead atoms. The van der Waals surface area contributed by atoms with E-state index in [0.717, 1.165) is 48.6 Å². The van der Waals surface area contributed by atoms with Gasteiger partial charge < -0.3 is 4.74 Å². The zero-order valence-corrected chi connectivity index (χ0v) is 15.7. The van der Waals surface area contributed by atoms with E-state index in [9.17, 15) is 0 Å². The summed E-state index contributed by atoms with van der Waals surface area (Å²) >= 11 is 6.41. The number of halogens is 1. The Labute approximate surface area is 158 Å². The predicted molar refractivity (Wildman–Crippen MR) is 102 cm³/mol. The monoisotopic (exact) mass is 368 g/mol. The third-order valence-electron chi connectivity index (χ3n) is 3.99. The first-order valence-electron chi connectivity index (χ1n) is 8.71. The topological polar surface area (TPSA) is 60.8 Å². The second-order valence-electron chi connectivity index (χ2n) is 5.96. The van der Waals surface area contributed by atoms with Crippen molar-refractivity contribution < 1.29 is 4.74 Å². The highest BCUT2D eigenvalue weighted by Crippen LogP contribution is 2.22. The molecule has 0 atom stereocenters. The Balaban J connectivity index is 1.56. The molecule has 26 heavy (non-hydrogen) atoms. The average molecular weight is 369 g/mol. The number of nitrogens with zero attached hydrogens (tertiary/aromatic N) is 4. The summed E-state index contributed by atoms with van der Waals surface area (Å²) in [6.45, 7) is 3.97. The quantitative estimate of drug-likeness (QED) is 0.601.